The van der Waals surface area contributed by atoms with Gasteiger partial charge in [0.05, 0.1) is 12.7 Å². The van der Waals surface area contributed by atoms with Crippen LogP contribution < -0.4 is 0 Å². The maximum absolute atomic E-state index is 6.04. The highest BCUT2D eigenvalue weighted by Crippen LogP contribution is 2.37. The van der Waals surface area contributed by atoms with Crippen LogP contribution >= 0.6 is 0 Å². The Hall–Kier alpha value is -1.64. The van der Waals surface area contributed by atoms with Crippen LogP contribution in [0.25, 0.3) is 10.8 Å². The van der Waals surface area contributed by atoms with E-state index in [1.165, 1.54) is 10.8 Å². The summed E-state index contributed by atoms with van der Waals surface area (Å²) >= 11 is 0. The van der Waals surface area contributed by atoms with Crippen molar-refractivity contribution in [1.29, 1.82) is 0 Å². The van der Waals surface area contributed by atoms with E-state index in [0.29, 0.717) is 6.61 Å². The first kappa shape index (κ1) is 12.4. The molecular weight excluding hydrogens is 236 g/mol. The third-order valence-electron chi connectivity index (χ3n) is 3.70. The van der Waals surface area contributed by atoms with Crippen LogP contribution in [0.1, 0.15) is 18.9 Å². The fourth-order valence-corrected chi connectivity index (χ4v) is 2.52. The quantitative estimate of drug-likeness (QED) is 0.771. The normalized spacial score (nSPS) is 26.7. The van der Waals surface area contributed by atoms with Crippen LogP contribution in [0.15, 0.2) is 55.1 Å². The van der Waals surface area contributed by atoms with Crippen molar-refractivity contribution in [2.75, 3.05) is 6.61 Å². The maximum Gasteiger partial charge on any atom is 0.215 e. The molecule has 0 saturated carbocycles. The van der Waals surface area contributed by atoms with E-state index in [0.717, 1.165) is 12.0 Å². The Morgan fingerprint density at radius 1 is 1.26 bits per heavy atom. The van der Waals surface area contributed by atoms with Crippen molar-refractivity contribution >= 4 is 10.8 Å². The minimum atomic E-state index is -0.787. The summed E-state index contributed by atoms with van der Waals surface area (Å²) in [6, 6.07) is 14.6. The lowest BCUT2D eigenvalue weighted by molar-refractivity contribution is -0.136. The minimum Gasteiger partial charge on any atom is -0.340 e. The first-order valence-corrected chi connectivity index (χ1v) is 6.72. The number of rotatable bonds is 3. The Kier molecular flexibility index (Phi) is 3.13. The third-order valence-corrected chi connectivity index (χ3v) is 3.70. The van der Waals surface area contributed by atoms with Gasteiger partial charge in [-0.3, -0.25) is 0 Å². The highest BCUT2D eigenvalue weighted by atomic mass is 16.7. The van der Waals surface area contributed by atoms with Gasteiger partial charge >= 0.3 is 0 Å². The molecule has 1 fully saturated rings. The second kappa shape index (κ2) is 4.80. The zero-order chi connectivity index (χ0) is 13.3. The molecular formula is C17H18O2. The molecule has 3 rings (SSSR count). The summed E-state index contributed by atoms with van der Waals surface area (Å²) in [5, 5.41) is 2.41. The van der Waals surface area contributed by atoms with Gasteiger partial charge in [-0.15, -0.1) is 0 Å². The van der Waals surface area contributed by atoms with E-state index >= 15 is 0 Å². The molecule has 2 nitrogen and oxygen atoms in total. The van der Waals surface area contributed by atoms with Crippen molar-refractivity contribution in [3.05, 3.63) is 60.7 Å². The van der Waals surface area contributed by atoms with E-state index in [4.69, 9.17) is 9.47 Å². The highest BCUT2D eigenvalue weighted by molar-refractivity contribution is 5.83. The Labute approximate surface area is 113 Å². The molecule has 0 aliphatic carbocycles. The van der Waals surface area contributed by atoms with Crippen molar-refractivity contribution < 1.29 is 9.47 Å². The molecule has 0 radical (unpaired) electrons. The van der Waals surface area contributed by atoms with Crippen LogP contribution in [0.3, 0.4) is 0 Å². The first-order valence-electron chi connectivity index (χ1n) is 6.72. The van der Waals surface area contributed by atoms with Gasteiger partial charge in [-0.2, -0.15) is 0 Å². The monoisotopic (exact) mass is 254 g/mol. The minimum absolute atomic E-state index is 0.143. The average Bonchev–Trinajstić information content (AvgIpc) is 2.92. The zero-order valence-corrected chi connectivity index (χ0v) is 11.1. The van der Waals surface area contributed by atoms with Crippen LogP contribution in [0.4, 0.5) is 0 Å². The van der Waals surface area contributed by atoms with E-state index in [1.807, 2.05) is 12.1 Å². The van der Waals surface area contributed by atoms with Gasteiger partial charge < -0.3 is 9.47 Å². The predicted molar refractivity (Wildman–Crippen MR) is 76.9 cm³/mol. The van der Waals surface area contributed by atoms with Gasteiger partial charge in [-0.05, 0) is 29.3 Å². The largest absolute Gasteiger partial charge is 0.340 e. The van der Waals surface area contributed by atoms with Gasteiger partial charge in [0, 0.05) is 5.56 Å². The van der Waals surface area contributed by atoms with Crippen molar-refractivity contribution in [2.45, 2.75) is 25.2 Å². The van der Waals surface area contributed by atoms with E-state index in [9.17, 15) is 0 Å². The Bertz CT molecular complexity index is 605. The number of benzene rings is 2. The van der Waals surface area contributed by atoms with E-state index < -0.39 is 5.79 Å². The fraction of sp³-hybridized carbons (Fsp3) is 0.294. The van der Waals surface area contributed by atoms with Crippen LogP contribution in [-0.4, -0.2) is 12.7 Å². The smallest absolute Gasteiger partial charge is 0.215 e. The molecule has 2 aromatic carbocycles. The fourth-order valence-electron chi connectivity index (χ4n) is 2.52. The SMILES string of the molecule is C=C[C@@]1(c2ccc3ccccc3c2)OC[C@H](CC)O1. The van der Waals surface area contributed by atoms with Gasteiger partial charge in [0.1, 0.15) is 0 Å². The molecule has 2 aromatic rings. The maximum atomic E-state index is 6.04. The number of ether oxygens (including phenoxy) is 2. The standard InChI is InChI=1S/C17H18O2/c1-3-16-12-18-17(4-2,19-16)15-10-9-13-7-5-6-8-14(13)11-15/h4-11,16H,2-3,12H2,1H3/t16-,17+/m0/s1. The molecule has 0 aromatic heterocycles. The summed E-state index contributed by atoms with van der Waals surface area (Å²) < 4.78 is 11.9. The summed E-state index contributed by atoms with van der Waals surface area (Å²) in [6.45, 7) is 6.62. The second-order valence-electron chi connectivity index (χ2n) is 4.89. The van der Waals surface area contributed by atoms with Gasteiger partial charge in [-0.1, -0.05) is 49.9 Å². The molecule has 2 heteroatoms. The molecule has 0 amide bonds. The third kappa shape index (κ3) is 2.07. The van der Waals surface area contributed by atoms with Crippen molar-refractivity contribution in [2.24, 2.45) is 0 Å². The molecule has 1 heterocycles. The highest BCUT2D eigenvalue weighted by Gasteiger charge is 2.40. The average molecular weight is 254 g/mol. The van der Waals surface area contributed by atoms with Gasteiger partial charge in [-0.25, -0.2) is 0 Å². The van der Waals surface area contributed by atoms with Gasteiger partial charge in [0.2, 0.25) is 5.79 Å². The van der Waals surface area contributed by atoms with Crippen LogP contribution in [0.2, 0.25) is 0 Å². The molecule has 1 aliphatic rings. The van der Waals surface area contributed by atoms with Crippen molar-refractivity contribution in [3.63, 3.8) is 0 Å². The summed E-state index contributed by atoms with van der Waals surface area (Å²) in [6.07, 6.45) is 2.85. The number of hydrogen-bond acceptors (Lipinski definition) is 2. The molecule has 2 atom stereocenters. The topological polar surface area (TPSA) is 18.5 Å². The molecule has 98 valence electrons. The summed E-state index contributed by atoms with van der Waals surface area (Å²) in [5.41, 5.74) is 1.01. The molecule has 1 saturated heterocycles. The predicted octanol–water partition coefficient (Wildman–Crippen LogP) is 4.00. The summed E-state index contributed by atoms with van der Waals surface area (Å²) in [4.78, 5) is 0. The van der Waals surface area contributed by atoms with Gasteiger partial charge in [0.25, 0.3) is 0 Å². The molecule has 0 N–H and O–H groups in total. The van der Waals surface area contributed by atoms with Crippen molar-refractivity contribution in [3.8, 4) is 0 Å². The van der Waals surface area contributed by atoms with Crippen LogP contribution in [0.5, 0.6) is 0 Å². The molecule has 1 aliphatic heterocycles. The lowest BCUT2D eigenvalue weighted by atomic mass is 10.0. The van der Waals surface area contributed by atoms with Crippen molar-refractivity contribution in [1.82, 2.24) is 0 Å². The van der Waals surface area contributed by atoms with E-state index in [2.05, 4.69) is 43.8 Å². The summed E-state index contributed by atoms with van der Waals surface area (Å²) in [7, 11) is 0. The van der Waals surface area contributed by atoms with Crippen LogP contribution in [-0.2, 0) is 15.3 Å². The number of fused-ring (bicyclic) bond motifs is 1. The zero-order valence-electron chi connectivity index (χ0n) is 11.1. The molecule has 0 spiro atoms. The molecule has 0 bridgehead atoms. The lowest BCUT2D eigenvalue weighted by Gasteiger charge is -2.25. The molecule has 0 unspecified atom stereocenters. The second-order valence-corrected chi connectivity index (χ2v) is 4.89. The first-order chi connectivity index (χ1) is 9.27. The summed E-state index contributed by atoms with van der Waals surface area (Å²) in [5.74, 6) is -0.787. The van der Waals surface area contributed by atoms with E-state index in [-0.39, 0.29) is 6.10 Å². The van der Waals surface area contributed by atoms with Crippen LogP contribution in [0, 0.1) is 0 Å². The number of hydrogen-bond donors (Lipinski definition) is 0. The Morgan fingerprint density at radius 2 is 2.05 bits per heavy atom. The Balaban J connectivity index is 2.04. The molecule has 19 heavy (non-hydrogen) atoms. The lowest BCUT2D eigenvalue weighted by Crippen LogP contribution is -2.25. The Morgan fingerprint density at radius 3 is 2.74 bits per heavy atom. The van der Waals surface area contributed by atoms with Gasteiger partial charge in [0.15, 0.2) is 0 Å². The van der Waals surface area contributed by atoms with E-state index in [1.54, 1.807) is 6.08 Å².